The van der Waals surface area contributed by atoms with Gasteiger partial charge in [-0.15, -0.1) is 0 Å². The summed E-state index contributed by atoms with van der Waals surface area (Å²) in [5, 5.41) is 0. The van der Waals surface area contributed by atoms with Crippen LogP contribution < -0.4 is 14.7 Å². The normalized spacial score (nSPS) is 10.6. The number of anilines is 3. The molecule has 0 fully saturated rings. The average Bonchev–Trinajstić information content (AvgIpc) is 3.33. The highest BCUT2D eigenvalue weighted by Crippen LogP contribution is 2.20. The predicted octanol–water partition coefficient (Wildman–Crippen LogP) is 4.25. The number of aryl methyl sites for hydroxylation is 1. The van der Waals surface area contributed by atoms with E-state index in [0.717, 1.165) is 11.4 Å². The Labute approximate surface area is 210 Å². The van der Waals surface area contributed by atoms with Crippen molar-refractivity contribution in [1.82, 2.24) is 9.55 Å². The number of benzene rings is 3. The maximum Gasteiger partial charge on any atom is 0.294 e. The van der Waals surface area contributed by atoms with Crippen LogP contribution in [0.25, 0.3) is 0 Å². The van der Waals surface area contributed by atoms with Crippen LogP contribution in [0.4, 0.5) is 17.2 Å². The van der Waals surface area contributed by atoms with Gasteiger partial charge in [-0.1, -0.05) is 36.4 Å². The van der Waals surface area contributed by atoms with Gasteiger partial charge in [-0.05, 0) is 48.5 Å². The maximum atomic E-state index is 13.1. The fraction of sp³-hybridized carbons (Fsp3) is 0.143. The molecule has 0 bridgehead atoms. The largest absolute Gasteiger partial charge is 0.328 e. The molecule has 1 heterocycles. The Morgan fingerprint density at radius 1 is 0.611 bits per heavy atom. The first-order valence-corrected chi connectivity index (χ1v) is 11.4. The van der Waals surface area contributed by atoms with Crippen LogP contribution in [0.3, 0.4) is 0 Å². The molecule has 4 aromatic rings. The van der Waals surface area contributed by atoms with Crippen molar-refractivity contribution >= 4 is 34.9 Å². The summed E-state index contributed by atoms with van der Waals surface area (Å²) in [4.78, 5) is 47.8. The lowest BCUT2D eigenvalue weighted by Gasteiger charge is -2.18. The fourth-order valence-electron chi connectivity index (χ4n) is 3.75. The third kappa shape index (κ3) is 4.88. The SMILES string of the molecule is CN(C(=O)c1ccc(C(=O)N(C)c2cn(C)c(C(=O)N(C)c3ccccc3)n2)cc1)c1ccccc1. The number of rotatable bonds is 6. The molecule has 3 amide bonds. The van der Waals surface area contributed by atoms with E-state index < -0.39 is 0 Å². The first-order chi connectivity index (χ1) is 17.3. The van der Waals surface area contributed by atoms with Gasteiger partial charge in [0, 0.05) is 56.9 Å². The van der Waals surface area contributed by atoms with E-state index in [2.05, 4.69) is 4.98 Å². The molecule has 0 spiro atoms. The smallest absolute Gasteiger partial charge is 0.294 e. The molecule has 8 heteroatoms. The molecule has 3 aromatic carbocycles. The van der Waals surface area contributed by atoms with Gasteiger partial charge < -0.3 is 14.4 Å². The topological polar surface area (TPSA) is 78.8 Å². The second-order valence-electron chi connectivity index (χ2n) is 8.37. The zero-order valence-corrected chi connectivity index (χ0v) is 20.6. The van der Waals surface area contributed by atoms with E-state index in [4.69, 9.17) is 0 Å². The van der Waals surface area contributed by atoms with Crippen LogP contribution >= 0.6 is 0 Å². The van der Waals surface area contributed by atoms with Crippen molar-refractivity contribution in [3.63, 3.8) is 0 Å². The third-order valence-electron chi connectivity index (χ3n) is 5.98. The predicted molar refractivity (Wildman–Crippen MR) is 141 cm³/mol. The summed E-state index contributed by atoms with van der Waals surface area (Å²) in [6.45, 7) is 0. The molecule has 0 aliphatic heterocycles. The van der Waals surface area contributed by atoms with E-state index in [1.165, 1.54) is 9.80 Å². The van der Waals surface area contributed by atoms with E-state index in [1.807, 2.05) is 60.7 Å². The number of nitrogens with zero attached hydrogens (tertiary/aromatic N) is 5. The van der Waals surface area contributed by atoms with Crippen molar-refractivity contribution in [2.45, 2.75) is 0 Å². The highest BCUT2D eigenvalue weighted by atomic mass is 16.2. The number of amides is 3. The summed E-state index contributed by atoms with van der Waals surface area (Å²) in [7, 11) is 6.70. The monoisotopic (exact) mass is 481 g/mol. The van der Waals surface area contributed by atoms with Gasteiger partial charge in [0.15, 0.2) is 5.82 Å². The summed E-state index contributed by atoms with van der Waals surface area (Å²) >= 11 is 0. The average molecular weight is 482 g/mol. The molecule has 0 saturated carbocycles. The molecule has 8 nitrogen and oxygen atoms in total. The van der Waals surface area contributed by atoms with Crippen LogP contribution in [-0.2, 0) is 7.05 Å². The second-order valence-corrected chi connectivity index (χ2v) is 8.37. The number of carbonyl (C=O) groups excluding carboxylic acids is 3. The summed E-state index contributed by atoms with van der Waals surface area (Å²) in [6.07, 6.45) is 1.64. The summed E-state index contributed by atoms with van der Waals surface area (Å²) < 4.78 is 1.60. The lowest BCUT2D eigenvalue weighted by atomic mass is 10.1. The number of imidazole rings is 1. The molecular formula is C28H27N5O3. The van der Waals surface area contributed by atoms with Crippen molar-refractivity contribution < 1.29 is 14.4 Å². The van der Waals surface area contributed by atoms with Crippen LogP contribution in [0.5, 0.6) is 0 Å². The first-order valence-electron chi connectivity index (χ1n) is 11.4. The van der Waals surface area contributed by atoms with Gasteiger partial charge in [0.1, 0.15) is 0 Å². The van der Waals surface area contributed by atoms with Gasteiger partial charge in [-0.25, -0.2) is 4.98 Å². The molecule has 182 valence electrons. The van der Waals surface area contributed by atoms with Crippen LogP contribution in [0.15, 0.2) is 91.1 Å². The van der Waals surface area contributed by atoms with Gasteiger partial charge in [0.2, 0.25) is 5.82 Å². The Morgan fingerprint density at radius 2 is 1.03 bits per heavy atom. The molecule has 1 aromatic heterocycles. The van der Waals surface area contributed by atoms with E-state index in [0.29, 0.717) is 16.9 Å². The number of carbonyl (C=O) groups is 3. The van der Waals surface area contributed by atoms with Crippen LogP contribution in [0.1, 0.15) is 31.3 Å². The van der Waals surface area contributed by atoms with Crippen molar-refractivity contribution in [2.75, 3.05) is 35.8 Å². The standard InChI is InChI=1S/C28H27N5O3/c1-30-19-24(29-25(30)28(36)32(3)23-13-9-6-10-14-23)33(4)27(35)21-17-15-20(16-18-21)26(34)31(2)22-11-7-5-8-12-22/h5-19H,1-4H3. The fourth-order valence-corrected chi connectivity index (χ4v) is 3.75. The Bertz CT molecular complexity index is 1380. The zero-order valence-electron chi connectivity index (χ0n) is 20.6. The van der Waals surface area contributed by atoms with Crippen LogP contribution in [-0.4, -0.2) is 48.4 Å². The molecule has 0 aliphatic rings. The molecule has 0 atom stereocenters. The van der Waals surface area contributed by atoms with Crippen LogP contribution in [0, 0.1) is 0 Å². The van der Waals surface area contributed by atoms with Crippen LogP contribution in [0.2, 0.25) is 0 Å². The Morgan fingerprint density at radius 3 is 1.50 bits per heavy atom. The van der Waals surface area contributed by atoms with Gasteiger partial charge in [-0.3, -0.25) is 19.3 Å². The summed E-state index contributed by atoms with van der Waals surface area (Å²) in [6, 6.07) is 25.1. The Kier molecular flexibility index (Phi) is 6.96. The quantitative estimate of drug-likeness (QED) is 0.413. The lowest BCUT2D eigenvalue weighted by Crippen LogP contribution is -2.29. The second kappa shape index (κ2) is 10.3. The Hall–Kier alpha value is -4.72. The van der Waals surface area contributed by atoms with E-state index in [9.17, 15) is 14.4 Å². The Balaban J connectivity index is 1.49. The number of hydrogen-bond donors (Lipinski definition) is 0. The van der Waals surface area contributed by atoms with Crippen molar-refractivity contribution in [3.8, 4) is 0 Å². The van der Waals surface area contributed by atoms with E-state index in [-0.39, 0.29) is 23.5 Å². The molecule has 0 aliphatic carbocycles. The van der Waals surface area contributed by atoms with Crippen molar-refractivity contribution in [2.24, 2.45) is 7.05 Å². The van der Waals surface area contributed by atoms with E-state index in [1.54, 1.807) is 68.1 Å². The minimum absolute atomic E-state index is 0.177. The molecule has 0 N–H and O–H groups in total. The first kappa shape index (κ1) is 24.4. The maximum absolute atomic E-state index is 13.1. The molecule has 0 unspecified atom stereocenters. The number of aromatic nitrogens is 2. The van der Waals surface area contributed by atoms with Crippen molar-refractivity contribution in [1.29, 1.82) is 0 Å². The summed E-state index contributed by atoms with van der Waals surface area (Å²) in [5.74, 6) is -0.221. The number of para-hydroxylation sites is 2. The van der Waals surface area contributed by atoms with E-state index >= 15 is 0 Å². The number of hydrogen-bond acceptors (Lipinski definition) is 4. The highest BCUT2D eigenvalue weighted by molar-refractivity contribution is 6.09. The van der Waals surface area contributed by atoms with Gasteiger partial charge in [0.25, 0.3) is 17.7 Å². The third-order valence-corrected chi connectivity index (χ3v) is 5.98. The minimum atomic E-state index is -0.307. The van der Waals surface area contributed by atoms with Gasteiger partial charge >= 0.3 is 0 Å². The molecule has 36 heavy (non-hydrogen) atoms. The minimum Gasteiger partial charge on any atom is -0.328 e. The lowest BCUT2D eigenvalue weighted by molar-refractivity contribution is 0.0974. The van der Waals surface area contributed by atoms with Gasteiger partial charge in [-0.2, -0.15) is 0 Å². The summed E-state index contributed by atoms with van der Waals surface area (Å²) in [5.41, 5.74) is 2.39. The van der Waals surface area contributed by atoms with Crippen molar-refractivity contribution in [3.05, 3.63) is 108 Å². The molecular weight excluding hydrogens is 454 g/mol. The highest BCUT2D eigenvalue weighted by Gasteiger charge is 2.23. The molecule has 0 saturated heterocycles. The van der Waals surface area contributed by atoms with Gasteiger partial charge in [0.05, 0.1) is 0 Å². The zero-order chi connectivity index (χ0) is 25.8. The molecule has 0 radical (unpaired) electrons. The molecule has 4 rings (SSSR count).